The van der Waals surface area contributed by atoms with Gasteiger partial charge < -0.3 is 0 Å². The van der Waals surface area contributed by atoms with Crippen molar-refractivity contribution in [1.82, 2.24) is 4.98 Å². The lowest BCUT2D eigenvalue weighted by Crippen LogP contribution is -2.35. The molecule has 6 nitrogen and oxygen atoms in total. The number of nitrogens with one attached hydrogen (secondary N) is 1. The predicted molar refractivity (Wildman–Crippen MR) is 111 cm³/mol. The van der Waals surface area contributed by atoms with Gasteiger partial charge in [0.25, 0.3) is 15.9 Å². The third-order valence-corrected chi connectivity index (χ3v) is 7.27. The van der Waals surface area contributed by atoms with Gasteiger partial charge in [-0.3, -0.25) is 14.4 Å². The zero-order valence-electron chi connectivity index (χ0n) is 15.3. The molecule has 0 saturated heterocycles. The molecular weight excluding hydrogens is 394 g/mol. The lowest BCUT2D eigenvalue weighted by molar-refractivity contribution is 0.102. The SMILES string of the molecule is Cc1cnc(NC(=O)c2ccc(S(=O)(=O)N3CCCc4ccccc43)cc2)s1. The number of amides is 1. The summed E-state index contributed by atoms with van der Waals surface area (Å²) in [4.78, 5) is 17.6. The number of fused-ring (bicyclic) bond motifs is 1. The molecule has 0 radical (unpaired) electrons. The van der Waals surface area contributed by atoms with Crippen molar-refractivity contribution in [2.45, 2.75) is 24.7 Å². The zero-order valence-corrected chi connectivity index (χ0v) is 16.9. The standard InChI is InChI=1S/C20H19N3O3S2/c1-14-13-21-20(27-14)22-19(24)16-8-10-17(11-9-16)28(25,26)23-12-4-6-15-5-2-3-7-18(15)23/h2-3,5,7-11,13H,4,6,12H2,1H3,(H,21,22,24). The largest absolute Gasteiger partial charge is 0.298 e. The number of para-hydroxylation sites is 1. The van der Waals surface area contributed by atoms with Gasteiger partial charge in [0.15, 0.2) is 5.13 Å². The van der Waals surface area contributed by atoms with Crippen LogP contribution in [0.15, 0.2) is 59.6 Å². The molecule has 8 heteroatoms. The summed E-state index contributed by atoms with van der Waals surface area (Å²) in [5, 5.41) is 3.24. The van der Waals surface area contributed by atoms with Crippen molar-refractivity contribution in [2.24, 2.45) is 0 Å². The molecule has 1 aliphatic heterocycles. The monoisotopic (exact) mass is 413 g/mol. The third-order valence-electron chi connectivity index (χ3n) is 4.61. The lowest BCUT2D eigenvalue weighted by Gasteiger charge is -2.30. The minimum atomic E-state index is -3.68. The van der Waals surface area contributed by atoms with Crippen LogP contribution in [-0.4, -0.2) is 25.9 Å². The van der Waals surface area contributed by atoms with E-state index in [4.69, 9.17) is 0 Å². The molecular formula is C20H19N3O3S2. The van der Waals surface area contributed by atoms with Crippen LogP contribution in [0.25, 0.3) is 0 Å². The van der Waals surface area contributed by atoms with Gasteiger partial charge in [0.05, 0.1) is 10.6 Å². The Balaban J connectivity index is 1.57. The number of carbonyl (C=O) groups is 1. The predicted octanol–water partition coefficient (Wildman–Crippen LogP) is 3.85. The molecule has 2 heterocycles. The van der Waals surface area contributed by atoms with Crippen LogP contribution >= 0.6 is 11.3 Å². The molecule has 0 bridgehead atoms. The summed E-state index contributed by atoms with van der Waals surface area (Å²) in [5.74, 6) is -0.318. The number of hydrogen-bond acceptors (Lipinski definition) is 5. The van der Waals surface area contributed by atoms with E-state index in [2.05, 4.69) is 10.3 Å². The van der Waals surface area contributed by atoms with Crippen LogP contribution < -0.4 is 9.62 Å². The van der Waals surface area contributed by atoms with Crippen molar-refractivity contribution in [3.05, 3.63) is 70.7 Å². The number of aromatic nitrogens is 1. The fourth-order valence-corrected chi connectivity index (χ4v) is 5.44. The summed E-state index contributed by atoms with van der Waals surface area (Å²) in [6.45, 7) is 2.36. The van der Waals surface area contributed by atoms with Crippen LogP contribution in [0.1, 0.15) is 27.2 Å². The van der Waals surface area contributed by atoms with Gasteiger partial charge in [-0.2, -0.15) is 0 Å². The number of nitrogens with zero attached hydrogens (tertiary/aromatic N) is 2. The molecule has 144 valence electrons. The highest BCUT2D eigenvalue weighted by Gasteiger charge is 2.28. The fraction of sp³-hybridized carbons (Fsp3) is 0.200. The second-order valence-electron chi connectivity index (χ2n) is 6.56. The second kappa shape index (κ2) is 7.37. The van der Waals surface area contributed by atoms with Gasteiger partial charge in [-0.25, -0.2) is 13.4 Å². The van der Waals surface area contributed by atoms with Gasteiger partial charge in [0, 0.05) is 23.2 Å². The van der Waals surface area contributed by atoms with Crippen molar-refractivity contribution in [1.29, 1.82) is 0 Å². The topological polar surface area (TPSA) is 79.4 Å². The summed E-state index contributed by atoms with van der Waals surface area (Å²) in [7, 11) is -3.68. The molecule has 0 fully saturated rings. The number of anilines is 2. The molecule has 1 N–H and O–H groups in total. The molecule has 1 amide bonds. The number of sulfonamides is 1. The minimum Gasteiger partial charge on any atom is -0.298 e. The summed E-state index contributed by atoms with van der Waals surface area (Å²) in [6.07, 6.45) is 3.34. The highest BCUT2D eigenvalue weighted by atomic mass is 32.2. The molecule has 0 atom stereocenters. The molecule has 0 spiro atoms. The van der Waals surface area contributed by atoms with Crippen LogP contribution in [0, 0.1) is 6.92 Å². The molecule has 3 aromatic rings. The highest BCUT2D eigenvalue weighted by Crippen LogP contribution is 2.31. The number of thiazole rings is 1. The van der Waals surface area contributed by atoms with Gasteiger partial charge in [0.1, 0.15) is 0 Å². The van der Waals surface area contributed by atoms with E-state index < -0.39 is 10.0 Å². The number of hydrogen-bond donors (Lipinski definition) is 1. The van der Waals surface area contributed by atoms with E-state index in [1.807, 2.05) is 31.2 Å². The summed E-state index contributed by atoms with van der Waals surface area (Å²) in [5.41, 5.74) is 2.15. The second-order valence-corrected chi connectivity index (χ2v) is 9.66. The Morgan fingerprint density at radius 3 is 2.61 bits per heavy atom. The highest BCUT2D eigenvalue weighted by molar-refractivity contribution is 7.92. The van der Waals surface area contributed by atoms with Gasteiger partial charge in [-0.15, -0.1) is 11.3 Å². The van der Waals surface area contributed by atoms with Crippen molar-refractivity contribution in [2.75, 3.05) is 16.2 Å². The van der Waals surface area contributed by atoms with E-state index in [0.717, 1.165) is 29.0 Å². The summed E-state index contributed by atoms with van der Waals surface area (Å²) < 4.78 is 27.7. The van der Waals surface area contributed by atoms with Crippen LogP contribution in [-0.2, 0) is 16.4 Å². The quantitative estimate of drug-likeness (QED) is 0.705. The molecule has 2 aromatic carbocycles. The van der Waals surface area contributed by atoms with Gasteiger partial charge in [-0.05, 0) is 55.7 Å². The van der Waals surface area contributed by atoms with Crippen LogP contribution in [0.3, 0.4) is 0 Å². The Bertz CT molecular complexity index is 1120. The van der Waals surface area contributed by atoms with Crippen LogP contribution in [0.4, 0.5) is 10.8 Å². The van der Waals surface area contributed by atoms with Crippen LogP contribution in [0.5, 0.6) is 0 Å². The van der Waals surface area contributed by atoms with Crippen molar-refractivity contribution >= 4 is 38.1 Å². The van der Waals surface area contributed by atoms with Crippen LogP contribution in [0.2, 0.25) is 0 Å². The van der Waals surface area contributed by atoms with Gasteiger partial charge >= 0.3 is 0 Å². The van der Waals surface area contributed by atoms with Crippen molar-refractivity contribution in [3.8, 4) is 0 Å². The maximum atomic E-state index is 13.1. The van der Waals surface area contributed by atoms with Gasteiger partial charge in [-0.1, -0.05) is 18.2 Å². The Labute approximate surface area is 167 Å². The molecule has 4 rings (SSSR count). The average molecular weight is 414 g/mol. The van der Waals surface area contributed by atoms with E-state index in [0.29, 0.717) is 17.2 Å². The minimum absolute atomic E-state index is 0.172. The summed E-state index contributed by atoms with van der Waals surface area (Å²) in [6, 6.07) is 13.6. The average Bonchev–Trinajstić information content (AvgIpc) is 3.12. The third kappa shape index (κ3) is 3.53. The molecule has 28 heavy (non-hydrogen) atoms. The first-order chi connectivity index (χ1) is 13.4. The van der Waals surface area contributed by atoms with Crippen molar-refractivity contribution < 1.29 is 13.2 Å². The fourth-order valence-electron chi connectivity index (χ4n) is 3.24. The lowest BCUT2D eigenvalue weighted by atomic mass is 10.0. The maximum absolute atomic E-state index is 13.1. The summed E-state index contributed by atoms with van der Waals surface area (Å²) >= 11 is 1.38. The van der Waals surface area contributed by atoms with E-state index >= 15 is 0 Å². The Kier molecular flexibility index (Phi) is 4.91. The van der Waals surface area contributed by atoms with E-state index in [9.17, 15) is 13.2 Å². The van der Waals surface area contributed by atoms with E-state index in [1.165, 1.54) is 39.9 Å². The Hall–Kier alpha value is -2.71. The number of aryl methyl sites for hydroxylation is 2. The van der Waals surface area contributed by atoms with E-state index in [1.54, 1.807) is 6.20 Å². The smallest absolute Gasteiger partial charge is 0.264 e. The first kappa shape index (κ1) is 18.6. The van der Waals surface area contributed by atoms with Crippen molar-refractivity contribution in [3.63, 3.8) is 0 Å². The zero-order chi connectivity index (χ0) is 19.7. The van der Waals surface area contributed by atoms with E-state index in [-0.39, 0.29) is 10.8 Å². The molecule has 0 saturated carbocycles. The van der Waals surface area contributed by atoms with Gasteiger partial charge in [0.2, 0.25) is 0 Å². The molecule has 1 aromatic heterocycles. The number of carbonyl (C=O) groups excluding carboxylic acids is 1. The number of benzene rings is 2. The first-order valence-electron chi connectivity index (χ1n) is 8.89. The molecule has 1 aliphatic rings. The molecule has 0 aliphatic carbocycles. The Morgan fingerprint density at radius 1 is 1.14 bits per heavy atom. The number of rotatable bonds is 4. The molecule has 0 unspecified atom stereocenters. The first-order valence-corrected chi connectivity index (χ1v) is 11.2. The normalized spacial score (nSPS) is 13.8. The Morgan fingerprint density at radius 2 is 1.89 bits per heavy atom. The maximum Gasteiger partial charge on any atom is 0.264 e.